The molecule has 0 aliphatic carbocycles. The summed E-state index contributed by atoms with van der Waals surface area (Å²) in [4.78, 5) is 15.8. The molecule has 0 spiro atoms. The molecule has 0 radical (unpaired) electrons. The third-order valence-corrected chi connectivity index (χ3v) is 2.57. The van der Waals surface area contributed by atoms with Crippen LogP contribution in [0.5, 0.6) is 0 Å². The highest BCUT2D eigenvalue weighted by Gasteiger charge is 2.22. The minimum Gasteiger partial charge on any atom is -0.339 e. The van der Waals surface area contributed by atoms with Crippen LogP contribution in [0.2, 0.25) is 0 Å². The largest absolute Gasteiger partial charge is 0.339 e. The molecule has 0 aromatic heterocycles. The lowest BCUT2D eigenvalue weighted by Crippen LogP contribution is -2.52. The van der Waals surface area contributed by atoms with Crippen LogP contribution in [0.15, 0.2) is 12.2 Å². The van der Waals surface area contributed by atoms with Crippen molar-refractivity contribution >= 4 is 5.91 Å². The van der Waals surface area contributed by atoms with Gasteiger partial charge < -0.3 is 10.6 Å². The zero-order valence-corrected chi connectivity index (χ0v) is 9.70. The first-order valence-corrected chi connectivity index (χ1v) is 5.42. The molecule has 4 nitrogen and oxygen atoms in total. The molecule has 1 amide bonds. The second kappa shape index (κ2) is 5.28. The summed E-state index contributed by atoms with van der Waals surface area (Å²) < 4.78 is 0. The Kier molecular flexibility index (Phi) is 4.29. The van der Waals surface area contributed by atoms with E-state index in [1.807, 2.05) is 11.8 Å². The minimum atomic E-state index is -0.377. The van der Waals surface area contributed by atoms with Crippen molar-refractivity contribution in [3.05, 3.63) is 12.2 Å². The average Bonchev–Trinajstić information content (AvgIpc) is 2.17. The number of nitrogens with zero attached hydrogens (tertiary/aromatic N) is 2. The van der Waals surface area contributed by atoms with E-state index >= 15 is 0 Å². The second-order valence-corrected chi connectivity index (χ2v) is 4.35. The molecule has 1 heterocycles. The molecule has 2 N–H and O–H groups in total. The van der Waals surface area contributed by atoms with Crippen molar-refractivity contribution in [2.75, 3.05) is 32.7 Å². The van der Waals surface area contributed by atoms with Crippen LogP contribution in [0, 0.1) is 0 Å². The van der Waals surface area contributed by atoms with E-state index in [4.69, 9.17) is 5.73 Å². The molecule has 86 valence electrons. The molecule has 1 rings (SSSR count). The fourth-order valence-corrected chi connectivity index (χ4v) is 1.80. The lowest BCUT2D eigenvalue weighted by Gasteiger charge is -2.35. The Morgan fingerprint density at radius 3 is 2.33 bits per heavy atom. The number of carbonyl (C=O) groups excluding carboxylic acids is 1. The van der Waals surface area contributed by atoms with E-state index in [2.05, 4.69) is 11.5 Å². The number of nitrogens with two attached hydrogens (primary N) is 1. The highest BCUT2D eigenvalue weighted by Crippen LogP contribution is 2.05. The van der Waals surface area contributed by atoms with Crippen molar-refractivity contribution in [1.29, 1.82) is 0 Å². The van der Waals surface area contributed by atoms with Crippen LogP contribution < -0.4 is 5.73 Å². The third-order valence-electron chi connectivity index (χ3n) is 2.57. The Balaban J connectivity index is 2.35. The summed E-state index contributed by atoms with van der Waals surface area (Å²) in [6.45, 7) is 12.0. The van der Waals surface area contributed by atoms with Crippen LogP contribution in [0.1, 0.15) is 13.8 Å². The molecular formula is C11H21N3O. The zero-order chi connectivity index (χ0) is 11.4. The molecule has 0 aromatic carbocycles. The predicted molar refractivity (Wildman–Crippen MR) is 61.5 cm³/mol. The summed E-state index contributed by atoms with van der Waals surface area (Å²) in [5.41, 5.74) is 6.73. The monoisotopic (exact) mass is 211 g/mol. The Morgan fingerprint density at radius 2 is 1.93 bits per heavy atom. The van der Waals surface area contributed by atoms with Crippen molar-refractivity contribution in [2.45, 2.75) is 19.9 Å². The van der Waals surface area contributed by atoms with Gasteiger partial charge in [-0.05, 0) is 13.8 Å². The maximum Gasteiger partial charge on any atom is 0.239 e. The molecule has 0 aromatic rings. The maximum absolute atomic E-state index is 11.6. The standard InChI is InChI=1S/C11H21N3O/c1-9(2)8-13-4-6-14(7-5-13)11(15)10(3)12/h10H,1,4-8,12H2,2-3H3/t10-/m1/s1. The lowest BCUT2D eigenvalue weighted by atomic mass is 10.2. The van der Waals surface area contributed by atoms with Gasteiger partial charge in [0.15, 0.2) is 0 Å². The van der Waals surface area contributed by atoms with Crippen molar-refractivity contribution < 1.29 is 4.79 Å². The van der Waals surface area contributed by atoms with Gasteiger partial charge in [0.25, 0.3) is 0 Å². The molecule has 0 unspecified atom stereocenters. The van der Waals surface area contributed by atoms with Gasteiger partial charge in [0.1, 0.15) is 0 Å². The first-order valence-electron chi connectivity index (χ1n) is 5.42. The molecule has 1 aliphatic heterocycles. The molecular weight excluding hydrogens is 190 g/mol. The molecule has 15 heavy (non-hydrogen) atoms. The summed E-state index contributed by atoms with van der Waals surface area (Å²) in [5, 5.41) is 0. The Hall–Kier alpha value is -0.870. The lowest BCUT2D eigenvalue weighted by molar-refractivity contribution is -0.133. The van der Waals surface area contributed by atoms with Crippen LogP contribution in [-0.2, 0) is 4.79 Å². The summed E-state index contributed by atoms with van der Waals surface area (Å²) >= 11 is 0. The van der Waals surface area contributed by atoms with E-state index in [0.717, 1.165) is 32.7 Å². The van der Waals surface area contributed by atoms with Gasteiger partial charge in [0.2, 0.25) is 5.91 Å². The van der Waals surface area contributed by atoms with Crippen LogP contribution in [0.3, 0.4) is 0 Å². The summed E-state index contributed by atoms with van der Waals surface area (Å²) in [7, 11) is 0. The summed E-state index contributed by atoms with van der Waals surface area (Å²) in [6, 6.07) is -0.377. The van der Waals surface area contributed by atoms with Crippen molar-refractivity contribution in [1.82, 2.24) is 9.80 Å². The van der Waals surface area contributed by atoms with Crippen molar-refractivity contribution in [3.63, 3.8) is 0 Å². The average molecular weight is 211 g/mol. The van der Waals surface area contributed by atoms with Crippen LogP contribution in [0.25, 0.3) is 0 Å². The summed E-state index contributed by atoms with van der Waals surface area (Å²) in [5.74, 6) is 0.0602. The SMILES string of the molecule is C=C(C)CN1CCN(C(=O)[C@@H](C)N)CC1. The zero-order valence-electron chi connectivity index (χ0n) is 9.70. The van der Waals surface area contributed by atoms with E-state index in [1.165, 1.54) is 5.57 Å². The van der Waals surface area contributed by atoms with E-state index in [1.54, 1.807) is 6.92 Å². The number of hydrogen-bond donors (Lipinski definition) is 1. The van der Waals surface area contributed by atoms with Gasteiger partial charge in [-0.25, -0.2) is 0 Å². The molecule has 0 bridgehead atoms. The highest BCUT2D eigenvalue weighted by atomic mass is 16.2. The molecule has 0 saturated carbocycles. The van der Waals surface area contributed by atoms with Crippen LogP contribution in [-0.4, -0.2) is 54.5 Å². The Labute approximate surface area is 91.7 Å². The molecule has 1 aliphatic rings. The maximum atomic E-state index is 11.6. The Morgan fingerprint density at radius 1 is 1.40 bits per heavy atom. The van der Waals surface area contributed by atoms with Gasteiger partial charge in [-0.15, -0.1) is 0 Å². The first-order chi connectivity index (χ1) is 7.00. The van der Waals surface area contributed by atoms with E-state index in [-0.39, 0.29) is 11.9 Å². The van der Waals surface area contributed by atoms with Gasteiger partial charge in [-0.3, -0.25) is 9.69 Å². The number of amides is 1. The van der Waals surface area contributed by atoms with Gasteiger partial charge in [-0.2, -0.15) is 0 Å². The molecule has 1 atom stereocenters. The number of carbonyl (C=O) groups is 1. The smallest absolute Gasteiger partial charge is 0.239 e. The van der Waals surface area contributed by atoms with Crippen molar-refractivity contribution in [3.8, 4) is 0 Å². The van der Waals surface area contributed by atoms with E-state index in [0.29, 0.717) is 0 Å². The van der Waals surface area contributed by atoms with Gasteiger partial charge >= 0.3 is 0 Å². The number of hydrogen-bond acceptors (Lipinski definition) is 3. The predicted octanol–water partition coefficient (Wildman–Crippen LogP) is 0.0539. The first kappa shape index (κ1) is 12.2. The normalized spacial score (nSPS) is 20.1. The molecule has 1 saturated heterocycles. The Bertz CT molecular complexity index is 242. The van der Waals surface area contributed by atoms with Crippen LogP contribution >= 0.6 is 0 Å². The highest BCUT2D eigenvalue weighted by molar-refractivity contribution is 5.81. The van der Waals surface area contributed by atoms with Gasteiger partial charge in [0, 0.05) is 32.7 Å². The topological polar surface area (TPSA) is 49.6 Å². The fourth-order valence-electron chi connectivity index (χ4n) is 1.80. The van der Waals surface area contributed by atoms with Crippen LogP contribution in [0.4, 0.5) is 0 Å². The quantitative estimate of drug-likeness (QED) is 0.671. The van der Waals surface area contributed by atoms with Gasteiger partial charge in [-0.1, -0.05) is 12.2 Å². The van der Waals surface area contributed by atoms with E-state index < -0.39 is 0 Å². The minimum absolute atomic E-state index is 0.0602. The molecule has 1 fully saturated rings. The van der Waals surface area contributed by atoms with Crippen molar-refractivity contribution in [2.24, 2.45) is 5.73 Å². The fraction of sp³-hybridized carbons (Fsp3) is 0.727. The number of rotatable bonds is 3. The third kappa shape index (κ3) is 3.64. The van der Waals surface area contributed by atoms with Gasteiger partial charge in [0.05, 0.1) is 6.04 Å². The van der Waals surface area contributed by atoms with E-state index in [9.17, 15) is 4.79 Å². The second-order valence-electron chi connectivity index (χ2n) is 4.35. The molecule has 4 heteroatoms. The number of piperazine rings is 1. The summed E-state index contributed by atoms with van der Waals surface area (Å²) in [6.07, 6.45) is 0.